The summed E-state index contributed by atoms with van der Waals surface area (Å²) in [6.07, 6.45) is 9.38. The number of carbonyl (C=O) groups excluding carboxylic acids is 1. The summed E-state index contributed by atoms with van der Waals surface area (Å²) in [7, 11) is 0. The Balaban J connectivity index is 0.000000212. The van der Waals surface area contributed by atoms with Gasteiger partial charge in [-0.2, -0.15) is 0 Å². The van der Waals surface area contributed by atoms with E-state index in [0.717, 1.165) is 47.7 Å². The van der Waals surface area contributed by atoms with Crippen molar-refractivity contribution in [1.82, 2.24) is 0 Å². The number of aliphatic imine (C=N–C) groups is 1. The topological polar surface area (TPSA) is 67.5 Å². The lowest BCUT2D eigenvalue weighted by Crippen LogP contribution is -2.19. The van der Waals surface area contributed by atoms with Crippen molar-refractivity contribution in [2.45, 2.75) is 31.1 Å². The van der Waals surface area contributed by atoms with E-state index in [4.69, 9.17) is 17.3 Å². The lowest BCUT2D eigenvalue weighted by molar-refractivity contribution is -0.110. The highest BCUT2D eigenvalue weighted by molar-refractivity contribution is 6.36. The normalized spacial score (nSPS) is 20.0. The molecule has 31 heavy (non-hydrogen) atoms. The van der Waals surface area contributed by atoms with Crippen molar-refractivity contribution in [2.75, 3.05) is 18.4 Å². The number of amides is 1. The number of anilines is 1. The SMILES string of the molecule is C1=CC(C2CC2)=NC1.C=C1C(=O)Nc2cc(Cl)c(-c3ccc(C4(CN)CC4)cc3)cc21. The molecular weight excluding hydrogens is 406 g/mol. The fraction of sp³-hybridized carbons (Fsp3) is 0.308. The molecule has 5 heteroatoms. The molecule has 2 aromatic rings. The number of hydrogen-bond donors (Lipinski definition) is 2. The standard InChI is InChI=1S/C19H17ClN2O.C7H9N/c1-11-14-8-15(16(20)9-17(14)22-18(11)23)12-2-4-13(5-3-12)19(10-21)6-7-19;1-2-7(8-5-1)6-3-4-6/h2-5,8-9H,1,6-7,10,21H2,(H,22,23);1-2,6H,3-5H2. The van der Waals surface area contributed by atoms with E-state index in [0.29, 0.717) is 17.1 Å². The maximum atomic E-state index is 11.7. The van der Waals surface area contributed by atoms with Gasteiger partial charge in [-0.05, 0) is 55.0 Å². The molecule has 4 aliphatic rings. The molecule has 2 saturated carbocycles. The summed E-state index contributed by atoms with van der Waals surface area (Å²) in [6.45, 7) is 5.47. The highest BCUT2D eigenvalue weighted by Crippen LogP contribution is 2.47. The minimum Gasteiger partial charge on any atom is -0.330 e. The minimum atomic E-state index is -0.165. The molecule has 0 atom stereocenters. The molecule has 158 valence electrons. The van der Waals surface area contributed by atoms with E-state index in [2.05, 4.69) is 53.3 Å². The summed E-state index contributed by atoms with van der Waals surface area (Å²) >= 11 is 6.41. The van der Waals surface area contributed by atoms with Gasteiger partial charge in [0.2, 0.25) is 0 Å². The van der Waals surface area contributed by atoms with Crippen molar-refractivity contribution in [3.63, 3.8) is 0 Å². The van der Waals surface area contributed by atoms with Gasteiger partial charge in [0.25, 0.3) is 5.91 Å². The Morgan fingerprint density at radius 1 is 1.16 bits per heavy atom. The molecule has 2 aliphatic heterocycles. The minimum absolute atomic E-state index is 0.165. The zero-order valence-electron chi connectivity index (χ0n) is 17.5. The molecule has 2 aromatic carbocycles. The fourth-order valence-corrected chi connectivity index (χ4v) is 4.53. The van der Waals surface area contributed by atoms with E-state index < -0.39 is 0 Å². The summed E-state index contributed by atoms with van der Waals surface area (Å²) in [6, 6.07) is 12.1. The third-order valence-corrected chi connectivity index (χ3v) is 6.98. The summed E-state index contributed by atoms with van der Waals surface area (Å²) in [4.78, 5) is 16.0. The van der Waals surface area contributed by atoms with Crippen LogP contribution in [0.5, 0.6) is 0 Å². The molecule has 0 bridgehead atoms. The molecular formula is C26H26ClN3O. The molecule has 0 unspecified atom stereocenters. The molecule has 0 saturated heterocycles. The highest BCUT2D eigenvalue weighted by atomic mass is 35.5. The molecule has 1 amide bonds. The van der Waals surface area contributed by atoms with E-state index in [-0.39, 0.29) is 11.3 Å². The van der Waals surface area contributed by atoms with Crippen LogP contribution in [0.1, 0.15) is 36.8 Å². The van der Waals surface area contributed by atoms with Crippen LogP contribution in [-0.2, 0) is 10.2 Å². The molecule has 2 heterocycles. The third kappa shape index (κ3) is 3.86. The third-order valence-electron chi connectivity index (χ3n) is 6.67. The Labute approximate surface area is 187 Å². The average Bonchev–Trinajstić information content (AvgIpc) is 3.71. The van der Waals surface area contributed by atoms with Gasteiger partial charge in [0.15, 0.2) is 0 Å². The molecule has 6 rings (SSSR count). The maximum Gasteiger partial charge on any atom is 0.255 e. The van der Waals surface area contributed by atoms with E-state index in [1.54, 1.807) is 6.07 Å². The Hall–Kier alpha value is -2.69. The van der Waals surface area contributed by atoms with Gasteiger partial charge in [-0.15, -0.1) is 0 Å². The van der Waals surface area contributed by atoms with Gasteiger partial charge >= 0.3 is 0 Å². The number of hydrogen-bond acceptors (Lipinski definition) is 3. The van der Waals surface area contributed by atoms with E-state index >= 15 is 0 Å². The van der Waals surface area contributed by atoms with Crippen LogP contribution in [0.2, 0.25) is 5.02 Å². The number of halogens is 1. The summed E-state index contributed by atoms with van der Waals surface area (Å²) < 4.78 is 0. The Bertz CT molecular complexity index is 1120. The Kier molecular flexibility index (Phi) is 5.07. The monoisotopic (exact) mass is 431 g/mol. The molecule has 0 aromatic heterocycles. The van der Waals surface area contributed by atoms with Crippen molar-refractivity contribution >= 4 is 34.5 Å². The number of rotatable bonds is 4. The van der Waals surface area contributed by atoms with E-state index in [9.17, 15) is 4.79 Å². The van der Waals surface area contributed by atoms with Crippen molar-refractivity contribution in [2.24, 2.45) is 16.6 Å². The fourth-order valence-electron chi connectivity index (χ4n) is 4.26. The largest absolute Gasteiger partial charge is 0.330 e. The van der Waals surface area contributed by atoms with Crippen LogP contribution in [0.4, 0.5) is 5.69 Å². The number of nitrogens with one attached hydrogen (secondary N) is 1. The first-order valence-electron chi connectivity index (χ1n) is 10.9. The number of carbonyl (C=O) groups is 1. The number of fused-ring (bicyclic) bond motifs is 1. The first kappa shape index (κ1) is 20.2. The van der Waals surface area contributed by atoms with Crippen LogP contribution in [0.15, 0.2) is 60.1 Å². The number of nitrogens with two attached hydrogens (primary N) is 1. The van der Waals surface area contributed by atoms with Crippen LogP contribution >= 0.6 is 11.6 Å². The van der Waals surface area contributed by atoms with Gasteiger partial charge in [-0.1, -0.05) is 48.5 Å². The molecule has 4 nitrogen and oxygen atoms in total. The smallest absolute Gasteiger partial charge is 0.255 e. The van der Waals surface area contributed by atoms with Crippen molar-refractivity contribution in [3.8, 4) is 11.1 Å². The molecule has 0 radical (unpaired) electrons. The van der Waals surface area contributed by atoms with Gasteiger partial charge in [0.05, 0.1) is 17.3 Å². The molecule has 3 N–H and O–H groups in total. The Morgan fingerprint density at radius 3 is 2.48 bits per heavy atom. The van der Waals surface area contributed by atoms with E-state index in [1.807, 2.05) is 6.07 Å². The highest BCUT2D eigenvalue weighted by Gasteiger charge is 2.42. The zero-order valence-corrected chi connectivity index (χ0v) is 18.2. The predicted molar refractivity (Wildman–Crippen MR) is 129 cm³/mol. The molecule has 2 fully saturated rings. The summed E-state index contributed by atoms with van der Waals surface area (Å²) in [5.74, 6) is 0.691. The van der Waals surface area contributed by atoms with Crippen LogP contribution in [0, 0.1) is 5.92 Å². The van der Waals surface area contributed by atoms with Gasteiger partial charge in [0, 0.05) is 40.3 Å². The van der Waals surface area contributed by atoms with Gasteiger partial charge in [0.1, 0.15) is 0 Å². The van der Waals surface area contributed by atoms with Gasteiger partial charge < -0.3 is 11.1 Å². The average molecular weight is 432 g/mol. The first-order chi connectivity index (χ1) is 15.0. The van der Waals surface area contributed by atoms with Crippen molar-refractivity contribution < 1.29 is 4.79 Å². The van der Waals surface area contributed by atoms with Gasteiger partial charge in [-0.25, -0.2) is 0 Å². The predicted octanol–water partition coefficient (Wildman–Crippen LogP) is 5.37. The quantitative estimate of drug-likeness (QED) is 0.639. The maximum absolute atomic E-state index is 11.7. The van der Waals surface area contributed by atoms with Crippen LogP contribution in [-0.4, -0.2) is 24.7 Å². The van der Waals surface area contributed by atoms with Crippen LogP contribution in [0.3, 0.4) is 0 Å². The number of benzene rings is 2. The van der Waals surface area contributed by atoms with Crippen LogP contribution in [0.25, 0.3) is 16.7 Å². The zero-order chi connectivity index (χ0) is 21.6. The second-order valence-electron chi connectivity index (χ2n) is 8.81. The summed E-state index contributed by atoms with van der Waals surface area (Å²) in [5, 5.41) is 3.39. The van der Waals surface area contributed by atoms with Gasteiger partial charge in [-0.3, -0.25) is 9.79 Å². The first-order valence-corrected chi connectivity index (χ1v) is 11.2. The second-order valence-corrected chi connectivity index (χ2v) is 9.22. The molecule has 0 spiro atoms. The molecule has 2 aliphatic carbocycles. The van der Waals surface area contributed by atoms with E-state index in [1.165, 1.54) is 24.1 Å². The second kappa shape index (κ2) is 7.77. The number of nitrogens with zero attached hydrogens (tertiary/aromatic N) is 1. The number of allylic oxidation sites excluding steroid dienone is 1. The lowest BCUT2D eigenvalue weighted by atomic mass is 9.93. The van der Waals surface area contributed by atoms with Crippen molar-refractivity contribution in [3.05, 3.63) is 71.3 Å². The van der Waals surface area contributed by atoms with Crippen molar-refractivity contribution in [1.29, 1.82) is 0 Å². The Morgan fingerprint density at radius 2 is 1.90 bits per heavy atom. The summed E-state index contributed by atoms with van der Waals surface area (Å²) in [5.41, 5.74) is 12.7. The lowest BCUT2D eigenvalue weighted by Gasteiger charge is -2.14. The van der Waals surface area contributed by atoms with Crippen LogP contribution < -0.4 is 11.1 Å².